The standard InChI is InChI=1S/C33H29IN2O7S/c1-5-40-32(38)28-19(3)35-33-36(29(28)22-9-6-18(2)7-10-22)31(37)27(44-33)15-21-12-23(34)30(26(14-21)39-4)41-16-20-8-11-24-25(13-20)43-17-42-24/h6-15,29H,5,16-17H2,1-4H3/b27-15+/t29-/m1/s1. The number of carbonyl (C=O) groups excluding carboxylic acids is 1. The highest BCUT2D eigenvalue weighted by Crippen LogP contribution is 2.37. The third-order valence-corrected chi connectivity index (χ3v) is 9.06. The number of rotatable bonds is 8. The van der Waals surface area contributed by atoms with Gasteiger partial charge in [0, 0.05) is 0 Å². The van der Waals surface area contributed by atoms with Crippen LogP contribution in [-0.2, 0) is 16.1 Å². The second-order valence-electron chi connectivity index (χ2n) is 10.2. The quantitative estimate of drug-likeness (QED) is 0.186. The van der Waals surface area contributed by atoms with Crippen molar-refractivity contribution in [1.29, 1.82) is 0 Å². The van der Waals surface area contributed by atoms with Crippen molar-refractivity contribution in [2.45, 2.75) is 33.4 Å². The summed E-state index contributed by atoms with van der Waals surface area (Å²) in [5.74, 6) is 2.06. The summed E-state index contributed by atoms with van der Waals surface area (Å²) in [5.41, 5.74) is 4.22. The lowest BCUT2D eigenvalue weighted by Crippen LogP contribution is -2.39. The SMILES string of the molecule is CCOC(=O)C1=C(C)N=c2s/c(=C/c3cc(I)c(OCc4ccc5c(c4)OCO5)c(OC)c3)c(=O)n2[C@@H]1c1ccc(C)cc1. The topological polar surface area (TPSA) is 97.6 Å². The molecular formula is C33H29IN2O7S. The summed E-state index contributed by atoms with van der Waals surface area (Å²) in [5, 5.41) is 0. The van der Waals surface area contributed by atoms with Gasteiger partial charge in [0.15, 0.2) is 27.8 Å². The molecule has 11 heteroatoms. The molecular weight excluding hydrogens is 695 g/mol. The highest BCUT2D eigenvalue weighted by atomic mass is 127. The van der Waals surface area contributed by atoms with E-state index in [1.165, 1.54) is 11.3 Å². The normalized spacial score (nSPS) is 15.6. The Hall–Kier alpha value is -4.10. The van der Waals surface area contributed by atoms with Gasteiger partial charge >= 0.3 is 5.97 Å². The molecule has 0 radical (unpaired) electrons. The van der Waals surface area contributed by atoms with E-state index in [0.29, 0.717) is 50.2 Å². The third kappa shape index (κ3) is 5.73. The number of halogens is 1. The van der Waals surface area contributed by atoms with E-state index in [4.69, 9.17) is 23.7 Å². The molecule has 0 saturated heterocycles. The fourth-order valence-electron chi connectivity index (χ4n) is 5.16. The van der Waals surface area contributed by atoms with Gasteiger partial charge in [-0.25, -0.2) is 9.79 Å². The number of aryl methyl sites for hydroxylation is 1. The number of ether oxygens (including phenoxy) is 5. The summed E-state index contributed by atoms with van der Waals surface area (Å²) in [6.45, 7) is 6.27. The van der Waals surface area contributed by atoms with Crippen LogP contribution in [0.4, 0.5) is 0 Å². The van der Waals surface area contributed by atoms with Crippen LogP contribution in [0.1, 0.15) is 42.1 Å². The maximum absolute atomic E-state index is 14.0. The number of hydrogen-bond acceptors (Lipinski definition) is 9. The fraction of sp³-hybridized carbons (Fsp3) is 0.242. The van der Waals surface area contributed by atoms with Crippen LogP contribution >= 0.6 is 33.9 Å². The molecule has 4 aromatic rings. The van der Waals surface area contributed by atoms with Crippen molar-refractivity contribution in [3.05, 3.63) is 111 Å². The number of esters is 1. The summed E-state index contributed by atoms with van der Waals surface area (Å²) < 4.78 is 31.0. The van der Waals surface area contributed by atoms with Crippen molar-refractivity contribution >= 4 is 46.0 Å². The van der Waals surface area contributed by atoms with Crippen molar-refractivity contribution in [3.63, 3.8) is 0 Å². The molecule has 9 nitrogen and oxygen atoms in total. The first-order valence-electron chi connectivity index (χ1n) is 13.9. The Balaban J connectivity index is 1.37. The highest BCUT2D eigenvalue weighted by Gasteiger charge is 2.33. The van der Waals surface area contributed by atoms with Gasteiger partial charge in [0.05, 0.1) is 39.1 Å². The van der Waals surface area contributed by atoms with E-state index in [-0.39, 0.29) is 19.0 Å². The van der Waals surface area contributed by atoms with E-state index < -0.39 is 12.0 Å². The van der Waals surface area contributed by atoms with Crippen LogP contribution < -0.4 is 33.8 Å². The average Bonchev–Trinajstić information content (AvgIpc) is 3.59. The van der Waals surface area contributed by atoms with Gasteiger partial charge < -0.3 is 23.7 Å². The molecule has 3 aromatic carbocycles. The maximum Gasteiger partial charge on any atom is 0.338 e. The van der Waals surface area contributed by atoms with Crippen molar-refractivity contribution < 1.29 is 28.5 Å². The zero-order valence-corrected chi connectivity index (χ0v) is 27.5. The van der Waals surface area contributed by atoms with Gasteiger partial charge in [-0.15, -0.1) is 0 Å². The average molecular weight is 725 g/mol. The Bertz CT molecular complexity index is 1980. The van der Waals surface area contributed by atoms with Crippen LogP contribution in [0.2, 0.25) is 0 Å². The fourth-order valence-corrected chi connectivity index (χ4v) is 6.98. The van der Waals surface area contributed by atoms with Crippen molar-refractivity contribution in [2.75, 3.05) is 20.5 Å². The Kier molecular flexibility index (Phi) is 8.50. The summed E-state index contributed by atoms with van der Waals surface area (Å²) in [7, 11) is 1.58. The molecule has 1 aromatic heterocycles. The van der Waals surface area contributed by atoms with Gasteiger partial charge in [0.25, 0.3) is 5.56 Å². The Morgan fingerprint density at radius 3 is 2.64 bits per heavy atom. The molecule has 0 fully saturated rings. The molecule has 2 aliphatic rings. The molecule has 44 heavy (non-hydrogen) atoms. The van der Waals surface area contributed by atoms with Crippen LogP contribution in [0.5, 0.6) is 23.0 Å². The number of hydrogen-bond donors (Lipinski definition) is 0. The highest BCUT2D eigenvalue weighted by molar-refractivity contribution is 14.1. The first kappa shape index (κ1) is 29.9. The van der Waals surface area contributed by atoms with E-state index in [1.807, 2.05) is 67.6 Å². The molecule has 0 N–H and O–H groups in total. The van der Waals surface area contributed by atoms with E-state index in [1.54, 1.807) is 25.5 Å². The lowest BCUT2D eigenvalue weighted by Gasteiger charge is -2.24. The van der Waals surface area contributed by atoms with Crippen LogP contribution in [0.25, 0.3) is 6.08 Å². The van der Waals surface area contributed by atoms with Crippen LogP contribution in [0.15, 0.2) is 75.7 Å². The molecule has 226 valence electrons. The maximum atomic E-state index is 14.0. The number of allylic oxidation sites excluding steroid dienone is 1. The van der Waals surface area contributed by atoms with E-state index in [2.05, 4.69) is 27.6 Å². The second-order valence-corrected chi connectivity index (χ2v) is 12.4. The summed E-state index contributed by atoms with van der Waals surface area (Å²) in [6, 6.07) is 16.6. The predicted octanol–water partition coefficient (Wildman–Crippen LogP) is 5.03. The minimum Gasteiger partial charge on any atom is -0.493 e. The molecule has 6 rings (SSSR count). The first-order valence-corrected chi connectivity index (χ1v) is 15.8. The van der Waals surface area contributed by atoms with Crippen molar-refractivity contribution in [2.24, 2.45) is 4.99 Å². The second kappa shape index (κ2) is 12.5. The number of fused-ring (bicyclic) bond motifs is 2. The molecule has 0 aliphatic carbocycles. The van der Waals surface area contributed by atoms with Gasteiger partial charge in [-0.3, -0.25) is 9.36 Å². The minimum absolute atomic E-state index is 0.212. The number of carbonyl (C=O) groups is 1. The lowest BCUT2D eigenvalue weighted by molar-refractivity contribution is -0.139. The molecule has 0 unspecified atom stereocenters. The monoisotopic (exact) mass is 724 g/mol. The number of aromatic nitrogens is 1. The van der Waals surface area contributed by atoms with Crippen LogP contribution in [0, 0.1) is 10.5 Å². The number of methoxy groups -OCH3 is 1. The van der Waals surface area contributed by atoms with Crippen LogP contribution in [-0.4, -0.2) is 31.0 Å². The largest absolute Gasteiger partial charge is 0.493 e. The van der Waals surface area contributed by atoms with Gasteiger partial charge in [-0.05, 0) is 90.4 Å². The smallest absolute Gasteiger partial charge is 0.338 e. The third-order valence-electron chi connectivity index (χ3n) is 7.28. The van der Waals surface area contributed by atoms with Gasteiger partial charge in [0.2, 0.25) is 6.79 Å². The Morgan fingerprint density at radius 1 is 1.11 bits per heavy atom. The van der Waals surface area contributed by atoms with E-state index in [0.717, 1.165) is 25.8 Å². The predicted molar refractivity (Wildman–Crippen MR) is 174 cm³/mol. The number of thiazole rings is 1. The Morgan fingerprint density at radius 2 is 1.89 bits per heavy atom. The van der Waals surface area contributed by atoms with E-state index in [9.17, 15) is 9.59 Å². The van der Waals surface area contributed by atoms with Gasteiger partial charge in [-0.2, -0.15) is 0 Å². The van der Waals surface area contributed by atoms with Gasteiger partial charge in [-0.1, -0.05) is 47.2 Å². The lowest BCUT2D eigenvalue weighted by atomic mass is 9.95. The summed E-state index contributed by atoms with van der Waals surface area (Å²) in [4.78, 5) is 32.3. The van der Waals surface area contributed by atoms with Gasteiger partial charge in [0.1, 0.15) is 6.61 Å². The molecule has 0 amide bonds. The molecule has 0 saturated carbocycles. The summed E-state index contributed by atoms with van der Waals surface area (Å²) >= 11 is 3.48. The van der Waals surface area contributed by atoms with Crippen molar-refractivity contribution in [1.82, 2.24) is 4.57 Å². The van der Waals surface area contributed by atoms with E-state index >= 15 is 0 Å². The molecule has 0 bridgehead atoms. The molecule has 3 heterocycles. The van der Waals surface area contributed by atoms with Crippen molar-refractivity contribution in [3.8, 4) is 23.0 Å². The zero-order chi connectivity index (χ0) is 31.0. The molecule has 2 aliphatic heterocycles. The molecule has 0 spiro atoms. The number of nitrogens with zero attached hydrogens (tertiary/aromatic N) is 2. The molecule has 1 atom stereocenters. The first-order chi connectivity index (χ1) is 21.3. The number of benzene rings is 3. The van der Waals surface area contributed by atoms with Crippen LogP contribution in [0.3, 0.4) is 0 Å². The minimum atomic E-state index is -0.658. The summed E-state index contributed by atoms with van der Waals surface area (Å²) in [6.07, 6.45) is 1.81. The Labute approximate surface area is 271 Å². The zero-order valence-electron chi connectivity index (χ0n) is 24.5.